The van der Waals surface area contributed by atoms with Crippen molar-refractivity contribution < 1.29 is 4.92 Å². The van der Waals surface area contributed by atoms with Crippen LogP contribution in [0.2, 0.25) is 0 Å². The van der Waals surface area contributed by atoms with Gasteiger partial charge in [0.05, 0.1) is 10.5 Å². The summed E-state index contributed by atoms with van der Waals surface area (Å²) in [5.41, 5.74) is 6.48. The standard InChI is InChI=1S/C14H20IN3O2/c1-10-4-2-3-7-14(10,9-16)17-12-6-5-11(15)8-13(12)18(19)20/h5-6,8,10,17H,2-4,7,9,16H2,1H3. The number of hydrogen-bond donors (Lipinski definition) is 2. The van der Waals surface area contributed by atoms with Crippen LogP contribution in [0.4, 0.5) is 11.4 Å². The molecule has 0 amide bonds. The summed E-state index contributed by atoms with van der Waals surface area (Å²) in [6.45, 7) is 2.68. The minimum absolute atomic E-state index is 0.127. The van der Waals surface area contributed by atoms with Crippen molar-refractivity contribution in [1.82, 2.24) is 0 Å². The largest absolute Gasteiger partial charge is 0.373 e. The van der Waals surface area contributed by atoms with E-state index in [1.54, 1.807) is 12.1 Å². The summed E-state index contributed by atoms with van der Waals surface area (Å²) in [5.74, 6) is 0.417. The van der Waals surface area contributed by atoms with Crippen LogP contribution in [-0.2, 0) is 0 Å². The lowest BCUT2D eigenvalue weighted by atomic mass is 9.73. The molecular formula is C14H20IN3O2. The molecular weight excluding hydrogens is 369 g/mol. The van der Waals surface area contributed by atoms with Crippen molar-refractivity contribution in [2.75, 3.05) is 11.9 Å². The van der Waals surface area contributed by atoms with Gasteiger partial charge in [-0.25, -0.2) is 0 Å². The minimum Gasteiger partial charge on any atom is -0.373 e. The molecule has 1 aliphatic carbocycles. The van der Waals surface area contributed by atoms with Gasteiger partial charge < -0.3 is 11.1 Å². The smallest absolute Gasteiger partial charge is 0.293 e. The second kappa shape index (κ2) is 6.26. The average Bonchev–Trinajstić information content (AvgIpc) is 2.43. The van der Waals surface area contributed by atoms with Gasteiger partial charge in [-0.1, -0.05) is 19.8 Å². The maximum atomic E-state index is 11.2. The van der Waals surface area contributed by atoms with Gasteiger partial charge in [0.25, 0.3) is 5.69 Å². The second-order valence-electron chi connectivity index (χ2n) is 5.55. The first-order valence-electron chi connectivity index (χ1n) is 6.91. The first-order chi connectivity index (χ1) is 9.48. The number of rotatable bonds is 4. The predicted octanol–water partition coefficient (Wildman–Crippen LogP) is 3.52. The first kappa shape index (κ1) is 15.5. The molecule has 1 aliphatic rings. The Hall–Kier alpha value is -0.890. The molecule has 2 rings (SSSR count). The lowest BCUT2D eigenvalue weighted by Gasteiger charge is -2.43. The van der Waals surface area contributed by atoms with Gasteiger partial charge in [0.2, 0.25) is 0 Å². The van der Waals surface area contributed by atoms with Gasteiger partial charge in [-0.3, -0.25) is 10.1 Å². The molecule has 1 aromatic rings. The molecule has 110 valence electrons. The molecule has 2 unspecified atom stereocenters. The highest BCUT2D eigenvalue weighted by Crippen LogP contribution is 2.38. The Morgan fingerprint density at radius 2 is 2.30 bits per heavy atom. The number of nitro benzene ring substituents is 1. The van der Waals surface area contributed by atoms with E-state index in [1.165, 1.54) is 6.42 Å². The lowest BCUT2D eigenvalue weighted by Crippen LogP contribution is -2.52. The van der Waals surface area contributed by atoms with Crippen LogP contribution < -0.4 is 11.1 Å². The van der Waals surface area contributed by atoms with E-state index >= 15 is 0 Å². The summed E-state index contributed by atoms with van der Waals surface area (Å²) >= 11 is 2.09. The summed E-state index contributed by atoms with van der Waals surface area (Å²) in [7, 11) is 0. The van der Waals surface area contributed by atoms with Crippen LogP contribution in [0.1, 0.15) is 32.6 Å². The predicted molar refractivity (Wildman–Crippen MR) is 88.9 cm³/mol. The molecule has 1 saturated carbocycles. The number of hydrogen-bond acceptors (Lipinski definition) is 4. The molecule has 0 aliphatic heterocycles. The Bertz CT molecular complexity index is 509. The summed E-state index contributed by atoms with van der Waals surface area (Å²) in [5, 5.41) is 14.6. The van der Waals surface area contributed by atoms with Crippen molar-refractivity contribution in [2.24, 2.45) is 11.7 Å². The van der Waals surface area contributed by atoms with Gasteiger partial charge in [0, 0.05) is 16.2 Å². The molecule has 2 atom stereocenters. The molecule has 1 aromatic carbocycles. The number of halogens is 1. The highest BCUT2D eigenvalue weighted by Gasteiger charge is 2.38. The number of benzene rings is 1. The fraction of sp³-hybridized carbons (Fsp3) is 0.571. The summed E-state index contributed by atoms with van der Waals surface area (Å²) in [6, 6.07) is 5.27. The molecule has 0 radical (unpaired) electrons. The highest BCUT2D eigenvalue weighted by atomic mass is 127. The van der Waals surface area contributed by atoms with Gasteiger partial charge in [-0.05, 0) is 53.5 Å². The van der Waals surface area contributed by atoms with Crippen molar-refractivity contribution in [3.05, 3.63) is 31.9 Å². The molecule has 5 nitrogen and oxygen atoms in total. The van der Waals surface area contributed by atoms with Crippen LogP contribution >= 0.6 is 22.6 Å². The summed E-state index contributed by atoms with van der Waals surface area (Å²) in [4.78, 5) is 10.9. The molecule has 0 spiro atoms. The van der Waals surface area contributed by atoms with E-state index < -0.39 is 0 Å². The Balaban J connectivity index is 2.34. The van der Waals surface area contributed by atoms with Crippen LogP contribution in [0.3, 0.4) is 0 Å². The number of anilines is 1. The zero-order valence-corrected chi connectivity index (χ0v) is 13.7. The number of nitrogens with one attached hydrogen (secondary N) is 1. The van der Waals surface area contributed by atoms with Crippen molar-refractivity contribution in [3.63, 3.8) is 0 Å². The Kier molecular flexibility index (Phi) is 4.85. The van der Waals surface area contributed by atoms with Crippen LogP contribution in [0.15, 0.2) is 18.2 Å². The maximum absolute atomic E-state index is 11.2. The zero-order chi connectivity index (χ0) is 14.8. The molecule has 0 saturated heterocycles. The SMILES string of the molecule is CC1CCCCC1(CN)Nc1ccc(I)cc1[N+](=O)[O-]. The Morgan fingerprint density at radius 3 is 2.90 bits per heavy atom. The van der Waals surface area contributed by atoms with Crippen molar-refractivity contribution >= 4 is 34.0 Å². The molecule has 3 N–H and O–H groups in total. The summed E-state index contributed by atoms with van der Waals surface area (Å²) < 4.78 is 0.860. The van der Waals surface area contributed by atoms with Crippen LogP contribution in [-0.4, -0.2) is 17.0 Å². The van der Waals surface area contributed by atoms with Crippen molar-refractivity contribution in [3.8, 4) is 0 Å². The van der Waals surface area contributed by atoms with Gasteiger partial charge in [0.15, 0.2) is 0 Å². The van der Waals surface area contributed by atoms with Gasteiger partial charge in [-0.2, -0.15) is 0 Å². The van der Waals surface area contributed by atoms with E-state index in [1.807, 2.05) is 6.07 Å². The van der Waals surface area contributed by atoms with E-state index in [0.29, 0.717) is 18.2 Å². The van der Waals surface area contributed by atoms with E-state index in [4.69, 9.17) is 5.73 Å². The average molecular weight is 389 g/mol. The van der Waals surface area contributed by atoms with Crippen molar-refractivity contribution in [1.29, 1.82) is 0 Å². The summed E-state index contributed by atoms with van der Waals surface area (Å²) in [6.07, 6.45) is 4.41. The van der Waals surface area contributed by atoms with E-state index in [-0.39, 0.29) is 16.1 Å². The van der Waals surface area contributed by atoms with Crippen molar-refractivity contribution in [2.45, 2.75) is 38.1 Å². The molecule has 6 heteroatoms. The topological polar surface area (TPSA) is 81.2 Å². The molecule has 0 bridgehead atoms. The molecule has 1 fully saturated rings. The van der Waals surface area contributed by atoms with E-state index in [9.17, 15) is 10.1 Å². The highest BCUT2D eigenvalue weighted by molar-refractivity contribution is 14.1. The monoisotopic (exact) mass is 389 g/mol. The Morgan fingerprint density at radius 1 is 1.55 bits per heavy atom. The van der Waals surface area contributed by atoms with Gasteiger partial charge in [-0.15, -0.1) is 0 Å². The number of nitrogens with two attached hydrogens (primary N) is 1. The molecule has 0 aromatic heterocycles. The third-order valence-corrected chi connectivity index (χ3v) is 5.03. The quantitative estimate of drug-likeness (QED) is 0.469. The normalized spacial score (nSPS) is 26.2. The van der Waals surface area contributed by atoms with E-state index in [2.05, 4.69) is 34.8 Å². The third-order valence-electron chi connectivity index (χ3n) is 4.36. The minimum atomic E-state index is -0.331. The zero-order valence-electron chi connectivity index (χ0n) is 11.6. The fourth-order valence-electron chi connectivity index (χ4n) is 2.98. The maximum Gasteiger partial charge on any atom is 0.293 e. The fourth-order valence-corrected chi connectivity index (χ4v) is 3.46. The molecule has 0 heterocycles. The third kappa shape index (κ3) is 3.06. The van der Waals surface area contributed by atoms with Gasteiger partial charge in [0.1, 0.15) is 5.69 Å². The molecule has 20 heavy (non-hydrogen) atoms. The van der Waals surface area contributed by atoms with E-state index in [0.717, 1.165) is 22.8 Å². The Labute approximate surface area is 132 Å². The first-order valence-corrected chi connectivity index (χ1v) is 7.98. The number of nitro groups is 1. The van der Waals surface area contributed by atoms with Crippen LogP contribution in [0.5, 0.6) is 0 Å². The van der Waals surface area contributed by atoms with Crippen LogP contribution in [0, 0.1) is 19.6 Å². The van der Waals surface area contributed by atoms with Crippen LogP contribution in [0.25, 0.3) is 0 Å². The lowest BCUT2D eigenvalue weighted by molar-refractivity contribution is -0.384. The second-order valence-corrected chi connectivity index (χ2v) is 6.80. The number of nitrogens with zero attached hydrogens (tertiary/aromatic N) is 1. The van der Waals surface area contributed by atoms with Gasteiger partial charge >= 0.3 is 0 Å².